The van der Waals surface area contributed by atoms with E-state index in [0.29, 0.717) is 18.9 Å². The number of allylic oxidation sites excluding steroid dienone is 3. The Hall–Kier alpha value is -1.05. The molecule has 0 aromatic carbocycles. The predicted octanol–water partition coefficient (Wildman–Crippen LogP) is 2.67. The zero-order chi connectivity index (χ0) is 8.81. The summed E-state index contributed by atoms with van der Waals surface area (Å²) in [6, 6.07) is 0. The third kappa shape index (κ3) is 2.91. The average Bonchev–Trinajstić information content (AvgIpc) is 2.06. The van der Waals surface area contributed by atoms with Gasteiger partial charge in [0.25, 0.3) is 0 Å². The number of ether oxygens (including phenoxy) is 1. The van der Waals surface area contributed by atoms with E-state index in [1.54, 1.807) is 0 Å². The Balaban J connectivity index is 2.35. The van der Waals surface area contributed by atoms with Gasteiger partial charge in [-0.3, -0.25) is 5.41 Å². The average molecular weight is 165 g/mol. The zero-order valence-electron chi connectivity index (χ0n) is 7.47. The molecule has 2 nitrogen and oxygen atoms in total. The minimum atomic E-state index is 0.371. The van der Waals surface area contributed by atoms with Gasteiger partial charge < -0.3 is 4.74 Å². The Labute approximate surface area is 73.4 Å². The predicted molar refractivity (Wildman–Crippen MR) is 50.4 cm³/mol. The lowest BCUT2D eigenvalue weighted by Crippen LogP contribution is -2.03. The van der Waals surface area contributed by atoms with Crippen molar-refractivity contribution in [3.63, 3.8) is 0 Å². The molecule has 0 fully saturated rings. The molecule has 0 aromatic rings. The fraction of sp³-hybridized carbons (Fsp3) is 0.500. The minimum absolute atomic E-state index is 0.371. The van der Waals surface area contributed by atoms with E-state index in [4.69, 9.17) is 10.1 Å². The van der Waals surface area contributed by atoms with Gasteiger partial charge in [-0.25, -0.2) is 0 Å². The van der Waals surface area contributed by atoms with Gasteiger partial charge in [0.15, 0.2) is 5.90 Å². The molecule has 0 atom stereocenters. The first-order chi connectivity index (χ1) is 5.83. The highest BCUT2D eigenvalue weighted by atomic mass is 16.5. The van der Waals surface area contributed by atoms with Crippen LogP contribution in [0.25, 0.3) is 0 Å². The van der Waals surface area contributed by atoms with E-state index >= 15 is 0 Å². The summed E-state index contributed by atoms with van der Waals surface area (Å²) >= 11 is 0. The summed E-state index contributed by atoms with van der Waals surface area (Å²) in [7, 11) is 0. The van der Waals surface area contributed by atoms with Gasteiger partial charge in [0.2, 0.25) is 0 Å². The van der Waals surface area contributed by atoms with E-state index in [2.05, 4.69) is 18.2 Å². The molecule has 0 spiro atoms. The lowest BCUT2D eigenvalue weighted by molar-refractivity contribution is 0.317. The van der Waals surface area contributed by atoms with E-state index in [0.717, 1.165) is 12.8 Å². The van der Waals surface area contributed by atoms with E-state index in [1.165, 1.54) is 5.57 Å². The van der Waals surface area contributed by atoms with Crippen molar-refractivity contribution in [2.45, 2.75) is 26.2 Å². The van der Waals surface area contributed by atoms with E-state index in [9.17, 15) is 0 Å². The molecule has 1 aliphatic rings. The van der Waals surface area contributed by atoms with Gasteiger partial charge in [0.1, 0.15) is 0 Å². The van der Waals surface area contributed by atoms with Crippen molar-refractivity contribution in [1.29, 1.82) is 5.41 Å². The van der Waals surface area contributed by atoms with Gasteiger partial charge in [-0.2, -0.15) is 0 Å². The van der Waals surface area contributed by atoms with Crippen LogP contribution in [-0.2, 0) is 4.74 Å². The van der Waals surface area contributed by atoms with Crippen LogP contribution in [0.1, 0.15) is 26.2 Å². The maximum atomic E-state index is 7.43. The van der Waals surface area contributed by atoms with Crippen molar-refractivity contribution in [3.05, 3.63) is 23.8 Å². The van der Waals surface area contributed by atoms with Gasteiger partial charge >= 0.3 is 0 Å². The molecular formula is C10H15NO. The van der Waals surface area contributed by atoms with Crippen LogP contribution in [0.2, 0.25) is 0 Å². The normalized spacial score (nSPS) is 15.6. The highest BCUT2D eigenvalue weighted by molar-refractivity contribution is 5.76. The SMILES string of the molecule is CCOC(=N)CC1=CCCC=C1. The van der Waals surface area contributed by atoms with Crippen LogP contribution in [0.5, 0.6) is 0 Å². The molecule has 0 amide bonds. The first kappa shape index (κ1) is 9.04. The monoisotopic (exact) mass is 165 g/mol. The van der Waals surface area contributed by atoms with Crippen molar-refractivity contribution in [2.24, 2.45) is 0 Å². The second-order valence-corrected chi connectivity index (χ2v) is 2.79. The van der Waals surface area contributed by atoms with Gasteiger partial charge in [0.05, 0.1) is 6.61 Å². The molecule has 1 N–H and O–H groups in total. The Morgan fingerprint density at radius 3 is 3.00 bits per heavy atom. The summed E-state index contributed by atoms with van der Waals surface area (Å²) in [4.78, 5) is 0. The Morgan fingerprint density at radius 1 is 1.58 bits per heavy atom. The van der Waals surface area contributed by atoms with Crippen LogP contribution < -0.4 is 0 Å². The van der Waals surface area contributed by atoms with Gasteiger partial charge in [-0.15, -0.1) is 0 Å². The largest absolute Gasteiger partial charge is 0.481 e. The van der Waals surface area contributed by atoms with Crippen molar-refractivity contribution in [1.82, 2.24) is 0 Å². The Morgan fingerprint density at radius 2 is 2.42 bits per heavy atom. The minimum Gasteiger partial charge on any atom is -0.481 e. The molecule has 2 heteroatoms. The van der Waals surface area contributed by atoms with Crippen molar-refractivity contribution in [3.8, 4) is 0 Å². The van der Waals surface area contributed by atoms with Crippen LogP contribution in [-0.4, -0.2) is 12.5 Å². The summed E-state index contributed by atoms with van der Waals surface area (Å²) < 4.78 is 5.05. The molecule has 0 bridgehead atoms. The van der Waals surface area contributed by atoms with Gasteiger partial charge in [-0.1, -0.05) is 18.2 Å². The Kier molecular flexibility index (Phi) is 3.58. The van der Waals surface area contributed by atoms with Gasteiger partial charge in [-0.05, 0) is 25.3 Å². The summed E-state index contributed by atoms with van der Waals surface area (Å²) in [5.41, 5.74) is 1.21. The quantitative estimate of drug-likeness (QED) is 0.506. The molecule has 0 unspecified atom stereocenters. The van der Waals surface area contributed by atoms with Crippen LogP contribution in [0.15, 0.2) is 23.8 Å². The van der Waals surface area contributed by atoms with Crippen LogP contribution in [0, 0.1) is 5.41 Å². The molecule has 0 aliphatic heterocycles. The van der Waals surface area contributed by atoms with E-state index in [-0.39, 0.29) is 0 Å². The molecule has 0 aromatic heterocycles. The maximum Gasteiger partial charge on any atom is 0.184 e. The standard InChI is InChI=1S/C10H15NO/c1-2-12-10(11)8-9-6-4-3-5-7-9/h4,6-7,11H,2-3,5,8H2,1H3. The van der Waals surface area contributed by atoms with Crippen molar-refractivity contribution >= 4 is 5.90 Å². The van der Waals surface area contributed by atoms with E-state index < -0.39 is 0 Å². The summed E-state index contributed by atoms with van der Waals surface area (Å²) in [5, 5.41) is 7.43. The molecule has 0 heterocycles. The molecule has 1 rings (SSSR count). The molecule has 12 heavy (non-hydrogen) atoms. The number of hydrogen-bond acceptors (Lipinski definition) is 2. The number of nitrogens with one attached hydrogen (secondary N) is 1. The smallest absolute Gasteiger partial charge is 0.184 e. The van der Waals surface area contributed by atoms with Crippen molar-refractivity contribution < 1.29 is 4.74 Å². The van der Waals surface area contributed by atoms with Crippen LogP contribution in [0.4, 0.5) is 0 Å². The second kappa shape index (κ2) is 4.75. The van der Waals surface area contributed by atoms with Gasteiger partial charge in [0, 0.05) is 6.42 Å². The third-order valence-corrected chi connectivity index (χ3v) is 1.76. The summed E-state index contributed by atoms with van der Waals surface area (Å²) in [5.74, 6) is 0.371. The molecule has 1 aliphatic carbocycles. The first-order valence-corrected chi connectivity index (χ1v) is 4.38. The highest BCUT2D eigenvalue weighted by Crippen LogP contribution is 2.13. The van der Waals surface area contributed by atoms with Crippen LogP contribution >= 0.6 is 0 Å². The second-order valence-electron chi connectivity index (χ2n) is 2.79. The third-order valence-electron chi connectivity index (χ3n) is 1.76. The first-order valence-electron chi connectivity index (χ1n) is 4.38. The molecular weight excluding hydrogens is 150 g/mol. The fourth-order valence-electron chi connectivity index (χ4n) is 1.21. The van der Waals surface area contributed by atoms with Crippen molar-refractivity contribution in [2.75, 3.05) is 6.61 Å². The zero-order valence-corrected chi connectivity index (χ0v) is 7.47. The van der Waals surface area contributed by atoms with Crippen LogP contribution in [0.3, 0.4) is 0 Å². The Bertz CT molecular complexity index is 216. The highest BCUT2D eigenvalue weighted by Gasteiger charge is 2.01. The molecule has 0 saturated heterocycles. The lowest BCUT2D eigenvalue weighted by atomic mass is 10.0. The molecule has 0 saturated carbocycles. The lowest BCUT2D eigenvalue weighted by Gasteiger charge is -2.07. The maximum absolute atomic E-state index is 7.43. The molecule has 66 valence electrons. The number of hydrogen-bond donors (Lipinski definition) is 1. The molecule has 0 radical (unpaired) electrons. The topological polar surface area (TPSA) is 33.1 Å². The van der Waals surface area contributed by atoms with E-state index in [1.807, 2.05) is 6.92 Å². The fourth-order valence-corrected chi connectivity index (χ4v) is 1.21. The number of rotatable bonds is 3. The summed E-state index contributed by atoms with van der Waals surface area (Å²) in [6.45, 7) is 2.50. The summed E-state index contributed by atoms with van der Waals surface area (Å²) in [6.07, 6.45) is 9.28.